The molecule has 0 bridgehead atoms. The van der Waals surface area contributed by atoms with Gasteiger partial charge in [-0.25, -0.2) is 9.67 Å². The van der Waals surface area contributed by atoms with Gasteiger partial charge in [-0.15, -0.1) is 0 Å². The van der Waals surface area contributed by atoms with Crippen molar-refractivity contribution in [1.82, 2.24) is 29.9 Å². The Labute approximate surface area is 145 Å². The van der Waals surface area contributed by atoms with Crippen molar-refractivity contribution in [3.8, 4) is 5.69 Å². The number of amides is 1. The van der Waals surface area contributed by atoms with E-state index in [1.807, 2.05) is 50.6 Å². The summed E-state index contributed by atoms with van der Waals surface area (Å²) in [7, 11) is 1.89. The van der Waals surface area contributed by atoms with Gasteiger partial charge in [-0.2, -0.15) is 10.2 Å². The van der Waals surface area contributed by atoms with E-state index >= 15 is 0 Å². The number of hydrogen-bond donors (Lipinski definition) is 1. The molecule has 0 unspecified atom stereocenters. The van der Waals surface area contributed by atoms with Crippen molar-refractivity contribution in [1.29, 1.82) is 0 Å². The van der Waals surface area contributed by atoms with Gasteiger partial charge in [0.2, 0.25) is 5.91 Å². The van der Waals surface area contributed by atoms with Crippen molar-refractivity contribution in [2.24, 2.45) is 13.0 Å². The van der Waals surface area contributed by atoms with Crippen LogP contribution in [0.4, 0.5) is 0 Å². The highest BCUT2D eigenvalue weighted by atomic mass is 16.2. The first-order valence-electron chi connectivity index (χ1n) is 8.35. The number of carbonyl (C=O) groups is 1. The molecule has 2 heterocycles. The summed E-state index contributed by atoms with van der Waals surface area (Å²) in [6.45, 7) is 2.00. The predicted octanol–water partition coefficient (Wildman–Crippen LogP) is 1.98. The molecule has 1 N–H and O–H groups in total. The summed E-state index contributed by atoms with van der Waals surface area (Å²) < 4.78 is 3.48. The Kier molecular flexibility index (Phi) is 3.83. The SMILES string of the molecule is C[C@H](NC(=O)[C@H]1C[C@H]1c1cnn(C)c1)c1ccc(-n2cncn2)cc1. The van der Waals surface area contributed by atoms with E-state index in [1.54, 1.807) is 15.7 Å². The maximum Gasteiger partial charge on any atom is 0.224 e. The summed E-state index contributed by atoms with van der Waals surface area (Å²) in [6, 6.07) is 7.93. The normalized spacial score (nSPS) is 20.2. The van der Waals surface area contributed by atoms with Crippen LogP contribution in [-0.2, 0) is 11.8 Å². The Morgan fingerprint density at radius 1 is 1.28 bits per heavy atom. The summed E-state index contributed by atoms with van der Waals surface area (Å²) in [6.07, 6.45) is 7.90. The van der Waals surface area contributed by atoms with Crippen LogP contribution in [0.25, 0.3) is 5.69 Å². The largest absolute Gasteiger partial charge is 0.349 e. The second-order valence-corrected chi connectivity index (χ2v) is 6.56. The van der Waals surface area contributed by atoms with Crippen molar-refractivity contribution >= 4 is 5.91 Å². The first-order valence-corrected chi connectivity index (χ1v) is 8.35. The van der Waals surface area contributed by atoms with Crippen molar-refractivity contribution in [3.05, 3.63) is 60.4 Å². The van der Waals surface area contributed by atoms with E-state index in [4.69, 9.17) is 0 Å². The zero-order valence-electron chi connectivity index (χ0n) is 14.2. The number of hydrogen-bond acceptors (Lipinski definition) is 4. The Morgan fingerprint density at radius 2 is 2.08 bits per heavy atom. The summed E-state index contributed by atoms with van der Waals surface area (Å²) in [5.74, 6) is 0.471. The van der Waals surface area contributed by atoms with Crippen LogP contribution in [0.2, 0.25) is 0 Å². The maximum atomic E-state index is 12.5. The van der Waals surface area contributed by atoms with Gasteiger partial charge in [-0.1, -0.05) is 12.1 Å². The van der Waals surface area contributed by atoms with Crippen molar-refractivity contribution < 1.29 is 4.79 Å². The summed E-state index contributed by atoms with van der Waals surface area (Å²) in [5.41, 5.74) is 3.15. The van der Waals surface area contributed by atoms with Gasteiger partial charge in [-0.05, 0) is 42.5 Å². The van der Waals surface area contributed by atoms with Gasteiger partial charge in [0.1, 0.15) is 12.7 Å². The van der Waals surface area contributed by atoms with Gasteiger partial charge >= 0.3 is 0 Å². The molecule has 128 valence electrons. The molecule has 0 radical (unpaired) electrons. The topological polar surface area (TPSA) is 77.6 Å². The van der Waals surface area contributed by atoms with Crippen LogP contribution in [0.3, 0.4) is 0 Å². The molecule has 1 fully saturated rings. The van der Waals surface area contributed by atoms with E-state index in [2.05, 4.69) is 20.5 Å². The molecule has 0 saturated heterocycles. The molecule has 25 heavy (non-hydrogen) atoms. The Bertz CT molecular complexity index is 867. The lowest BCUT2D eigenvalue weighted by Gasteiger charge is -2.15. The van der Waals surface area contributed by atoms with E-state index < -0.39 is 0 Å². The highest BCUT2D eigenvalue weighted by molar-refractivity contribution is 5.83. The Hall–Kier alpha value is -2.96. The van der Waals surface area contributed by atoms with Crippen molar-refractivity contribution in [2.75, 3.05) is 0 Å². The van der Waals surface area contributed by atoms with E-state index in [9.17, 15) is 4.79 Å². The van der Waals surface area contributed by atoms with E-state index in [0.29, 0.717) is 5.92 Å². The zero-order chi connectivity index (χ0) is 17.4. The number of nitrogens with zero attached hydrogens (tertiary/aromatic N) is 5. The number of benzene rings is 1. The quantitative estimate of drug-likeness (QED) is 0.773. The first kappa shape index (κ1) is 15.6. The lowest BCUT2D eigenvalue weighted by Crippen LogP contribution is -2.28. The van der Waals surface area contributed by atoms with E-state index in [1.165, 1.54) is 6.33 Å². The van der Waals surface area contributed by atoms with Gasteiger partial charge in [0.15, 0.2) is 0 Å². The third-order valence-corrected chi connectivity index (χ3v) is 4.72. The van der Waals surface area contributed by atoms with E-state index in [0.717, 1.165) is 23.2 Å². The van der Waals surface area contributed by atoms with Gasteiger partial charge in [0, 0.05) is 19.2 Å². The molecule has 7 nitrogen and oxygen atoms in total. The van der Waals surface area contributed by atoms with Gasteiger partial charge in [0.05, 0.1) is 17.9 Å². The molecule has 1 aliphatic carbocycles. The van der Waals surface area contributed by atoms with Crippen LogP contribution in [0.5, 0.6) is 0 Å². The molecule has 3 aromatic rings. The zero-order valence-corrected chi connectivity index (χ0v) is 14.2. The van der Waals surface area contributed by atoms with Crippen LogP contribution >= 0.6 is 0 Å². The summed E-state index contributed by atoms with van der Waals surface area (Å²) in [4.78, 5) is 16.4. The molecule has 1 saturated carbocycles. The fourth-order valence-electron chi connectivity index (χ4n) is 3.15. The molecule has 3 atom stereocenters. The van der Waals surface area contributed by atoms with Gasteiger partial charge in [-0.3, -0.25) is 9.48 Å². The number of rotatable bonds is 5. The average Bonchev–Trinajstić information content (AvgIpc) is 3.02. The average molecular weight is 336 g/mol. The third-order valence-electron chi connectivity index (χ3n) is 4.72. The number of aryl methyl sites for hydroxylation is 1. The molecule has 1 aromatic carbocycles. The van der Waals surface area contributed by atoms with Crippen LogP contribution in [0, 0.1) is 5.92 Å². The molecule has 1 amide bonds. The first-order chi connectivity index (χ1) is 12.1. The molecule has 0 spiro atoms. The molecular formula is C18H20N6O. The van der Waals surface area contributed by atoms with Crippen LogP contribution in [0.15, 0.2) is 49.3 Å². The smallest absolute Gasteiger partial charge is 0.224 e. The molecule has 7 heteroatoms. The number of nitrogens with one attached hydrogen (secondary N) is 1. The highest BCUT2D eigenvalue weighted by Gasteiger charge is 2.44. The van der Waals surface area contributed by atoms with Crippen LogP contribution in [-0.4, -0.2) is 30.5 Å². The van der Waals surface area contributed by atoms with Crippen LogP contribution < -0.4 is 5.32 Å². The number of aromatic nitrogens is 5. The molecule has 1 aliphatic rings. The van der Waals surface area contributed by atoms with Crippen molar-refractivity contribution in [2.45, 2.75) is 25.3 Å². The third kappa shape index (κ3) is 3.17. The van der Waals surface area contributed by atoms with Crippen molar-refractivity contribution in [3.63, 3.8) is 0 Å². The second kappa shape index (κ2) is 6.16. The molecule has 0 aliphatic heterocycles. The summed E-state index contributed by atoms with van der Waals surface area (Å²) >= 11 is 0. The minimum absolute atomic E-state index is 0.0348. The fraction of sp³-hybridized carbons (Fsp3) is 0.333. The van der Waals surface area contributed by atoms with Gasteiger partial charge < -0.3 is 5.32 Å². The standard InChI is InChI=1S/C18H20N6O/c1-12(13-3-5-15(6-4-13)24-11-19-10-21-24)22-18(25)17-7-16(17)14-8-20-23(2)9-14/h3-6,8-12,16-17H,7H2,1-2H3,(H,22,25)/t12-,16-,17-/m0/s1. The lowest BCUT2D eigenvalue weighted by atomic mass is 10.1. The highest BCUT2D eigenvalue weighted by Crippen LogP contribution is 2.47. The monoisotopic (exact) mass is 336 g/mol. The fourth-order valence-corrected chi connectivity index (χ4v) is 3.15. The number of carbonyl (C=O) groups excluding carboxylic acids is 1. The Morgan fingerprint density at radius 3 is 2.72 bits per heavy atom. The van der Waals surface area contributed by atoms with E-state index in [-0.39, 0.29) is 17.9 Å². The Balaban J connectivity index is 1.37. The lowest BCUT2D eigenvalue weighted by molar-refractivity contribution is -0.123. The van der Waals surface area contributed by atoms with Crippen LogP contribution in [0.1, 0.15) is 36.4 Å². The minimum Gasteiger partial charge on any atom is -0.349 e. The minimum atomic E-state index is -0.0348. The molecule has 2 aromatic heterocycles. The molecule has 4 rings (SSSR count). The van der Waals surface area contributed by atoms with Gasteiger partial charge in [0.25, 0.3) is 0 Å². The second-order valence-electron chi connectivity index (χ2n) is 6.56. The molecular weight excluding hydrogens is 316 g/mol. The summed E-state index contributed by atoms with van der Waals surface area (Å²) in [5, 5.41) is 11.4. The predicted molar refractivity (Wildman–Crippen MR) is 92.0 cm³/mol. The maximum absolute atomic E-state index is 12.5.